The third kappa shape index (κ3) is 2.40. The molecule has 2 N–H and O–H groups in total. The van der Waals surface area contributed by atoms with Crippen molar-refractivity contribution in [2.24, 2.45) is 5.92 Å². The van der Waals surface area contributed by atoms with E-state index in [0.29, 0.717) is 11.2 Å². The number of hydrogen-bond donors (Lipinski definition) is 2. The molecule has 1 atom stereocenters. The summed E-state index contributed by atoms with van der Waals surface area (Å²) in [6.07, 6.45) is 3.31. The first-order chi connectivity index (χ1) is 8.59. The Morgan fingerprint density at radius 2 is 2.06 bits per heavy atom. The fourth-order valence-electron chi connectivity index (χ4n) is 1.78. The molecule has 0 radical (unpaired) electrons. The molecule has 2 aromatic heterocycles. The minimum absolute atomic E-state index is 0.0190. The number of pyridine rings is 2. The third-order valence-corrected chi connectivity index (χ3v) is 2.74. The zero-order valence-corrected chi connectivity index (χ0v) is 10.3. The largest absolute Gasteiger partial charge is 0.480 e. The lowest BCUT2D eigenvalue weighted by Gasteiger charge is -2.19. The molecule has 18 heavy (non-hydrogen) atoms. The Labute approximate surface area is 105 Å². The highest BCUT2D eigenvalue weighted by Gasteiger charge is 2.21. The second kappa shape index (κ2) is 5.00. The SMILES string of the molecule is CC(C)[C@H](Nc1ccnc2cccnc12)C(=O)O. The maximum absolute atomic E-state index is 11.2. The number of carboxylic acids is 1. The van der Waals surface area contributed by atoms with Gasteiger partial charge < -0.3 is 10.4 Å². The first-order valence-corrected chi connectivity index (χ1v) is 5.78. The molecule has 0 fully saturated rings. The Morgan fingerprint density at radius 3 is 2.72 bits per heavy atom. The van der Waals surface area contributed by atoms with Gasteiger partial charge in [0.05, 0.1) is 11.2 Å². The molecule has 0 bridgehead atoms. The van der Waals surface area contributed by atoms with Crippen LogP contribution in [0.2, 0.25) is 0 Å². The summed E-state index contributed by atoms with van der Waals surface area (Å²) in [5.41, 5.74) is 2.13. The van der Waals surface area contributed by atoms with E-state index in [1.807, 2.05) is 19.9 Å². The molecule has 0 saturated heterocycles. The molecule has 2 rings (SSSR count). The molecule has 5 heteroatoms. The van der Waals surface area contributed by atoms with Crippen LogP contribution in [-0.4, -0.2) is 27.1 Å². The van der Waals surface area contributed by atoms with Crippen LogP contribution in [-0.2, 0) is 4.79 Å². The number of carbonyl (C=O) groups is 1. The summed E-state index contributed by atoms with van der Waals surface area (Å²) in [5.74, 6) is -0.889. The van der Waals surface area contributed by atoms with E-state index in [-0.39, 0.29) is 5.92 Å². The van der Waals surface area contributed by atoms with Crippen molar-refractivity contribution in [3.63, 3.8) is 0 Å². The number of hydrogen-bond acceptors (Lipinski definition) is 4. The first-order valence-electron chi connectivity index (χ1n) is 5.78. The summed E-state index contributed by atoms with van der Waals surface area (Å²) in [6.45, 7) is 3.73. The smallest absolute Gasteiger partial charge is 0.326 e. The highest BCUT2D eigenvalue weighted by Crippen LogP contribution is 2.20. The molecule has 94 valence electrons. The van der Waals surface area contributed by atoms with Crippen LogP contribution in [0, 0.1) is 5.92 Å². The maximum Gasteiger partial charge on any atom is 0.326 e. The third-order valence-electron chi connectivity index (χ3n) is 2.74. The van der Waals surface area contributed by atoms with Crippen molar-refractivity contribution in [2.45, 2.75) is 19.9 Å². The molecule has 0 aromatic carbocycles. The van der Waals surface area contributed by atoms with Crippen LogP contribution in [0.25, 0.3) is 11.0 Å². The van der Waals surface area contributed by atoms with Crippen molar-refractivity contribution in [3.8, 4) is 0 Å². The first kappa shape index (κ1) is 12.3. The van der Waals surface area contributed by atoms with Gasteiger partial charge in [-0.15, -0.1) is 0 Å². The lowest BCUT2D eigenvalue weighted by molar-refractivity contribution is -0.138. The number of carboxylic acid groups (broad SMARTS) is 1. The highest BCUT2D eigenvalue weighted by molar-refractivity contribution is 5.89. The van der Waals surface area contributed by atoms with Gasteiger partial charge >= 0.3 is 5.97 Å². The lowest BCUT2D eigenvalue weighted by Crippen LogP contribution is -2.34. The summed E-state index contributed by atoms with van der Waals surface area (Å²) in [6, 6.07) is 4.75. The number of nitrogens with one attached hydrogen (secondary N) is 1. The van der Waals surface area contributed by atoms with Crippen molar-refractivity contribution in [3.05, 3.63) is 30.6 Å². The Balaban J connectivity index is 2.39. The van der Waals surface area contributed by atoms with Crippen LogP contribution >= 0.6 is 0 Å². The van der Waals surface area contributed by atoms with Crippen molar-refractivity contribution in [1.82, 2.24) is 9.97 Å². The molecule has 0 unspecified atom stereocenters. The molecule has 2 heterocycles. The summed E-state index contributed by atoms with van der Waals surface area (Å²) in [7, 11) is 0. The predicted molar refractivity (Wildman–Crippen MR) is 69.4 cm³/mol. The molecule has 2 aromatic rings. The average molecular weight is 245 g/mol. The molecule has 0 aliphatic rings. The van der Waals surface area contributed by atoms with E-state index in [1.165, 1.54) is 0 Å². The van der Waals surface area contributed by atoms with Crippen molar-refractivity contribution < 1.29 is 9.90 Å². The summed E-state index contributed by atoms with van der Waals surface area (Å²) >= 11 is 0. The summed E-state index contributed by atoms with van der Waals surface area (Å²) < 4.78 is 0. The highest BCUT2D eigenvalue weighted by atomic mass is 16.4. The zero-order chi connectivity index (χ0) is 13.1. The van der Waals surface area contributed by atoms with E-state index >= 15 is 0 Å². The van der Waals surface area contributed by atoms with E-state index in [1.54, 1.807) is 24.5 Å². The van der Waals surface area contributed by atoms with Gasteiger partial charge in [-0.05, 0) is 24.1 Å². The number of anilines is 1. The topological polar surface area (TPSA) is 75.1 Å². The minimum Gasteiger partial charge on any atom is -0.480 e. The van der Waals surface area contributed by atoms with Gasteiger partial charge in [-0.1, -0.05) is 13.8 Å². The van der Waals surface area contributed by atoms with Crippen LogP contribution in [0.15, 0.2) is 30.6 Å². The fraction of sp³-hybridized carbons (Fsp3) is 0.308. The van der Waals surface area contributed by atoms with Gasteiger partial charge in [0.1, 0.15) is 11.6 Å². The normalized spacial score (nSPS) is 12.6. The van der Waals surface area contributed by atoms with Crippen LogP contribution < -0.4 is 5.32 Å². The van der Waals surface area contributed by atoms with E-state index in [9.17, 15) is 9.90 Å². The van der Waals surface area contributed by atoms with Gasteiger partial charge in [-0.2, -0.15) is 0 Å². The van der Waals surface area contributed by atoms with E-state index in [2.05, 4.69) is 15.3 Å². The molecule has 0 aliphatic carbocycles. The number of aromatic nitrogens is 2. The molecule has 0 aliphatic heterocycles. The Morgan fingerprint density at radius 1 is 1.28 bits per heavy atom. The van der Waals surface area contributed by atoms with Crippen LogP contribution in [0.3, 0.4) is 0 Å². The predicted octanol–water partition coefficient (Wildman–Crippen LogP) is 2.15. The lowest BCUT2D eigenvalue weighted by atomic mass is 10.0. The Bertz CT molecular complexity index is 564. The van der Waals surface area contributed by atoms with Crippen molar-refractivity contribution in [1.29, 1.82) is 0 Å². The second-order valence-electron chi connectivity index (χ2n) is 4.43. The van der Waals surface area contributed by atoms with Gasteiger partial charge in [0.2, 0.25) is 0 Å². The Kier molecular flexibility index (Phi) is 3.41. The molecular weight excluding hydrogens is 230 g/mol. The van der Waals surface area contributed by atoms with Gasteiger partial charge in [-0.3, -0.25) is 9.97 Å². The Hall–Kier alpha value is -2.17. The second-order valence-corrected chi connectivity index (χ2v) is 4.43. The molecule has 0 spiro atoms. The van der Waals surface area contributed by atoms with Crippen LogP contribution in [0.4, 0.5) is 5.69 Å². The van der Waals surface area contributed by atoms with Gasteiger partial charge in [-0.25, -0.2) is 4.79 Å². The van der Waals surface area contributed by atoms with E-state index < -0.39 is 12.0 Å². The minimum atomic E-state index is -0.870. The summed E-state index contributed by atoms with van der Waals surface area (Å²) in [4.78, 5) is 19.6. The molecule has 0 amide bonds. The number of rotatable bonds is 4. The average Bonchev–Trinajstić information content (AvgIpc) is 2.35. The number of aliphatic carboxylic acids is 1. The molecule has 0 saturated carbocycles. The van der Waals surface area contributed by atoms with Crippen molar-refractivity contribution in [2.75, 3.05) is 5.32 Å². The van der Waals surface area contributed by atoms with Crippen molar-refractivity contribution >= 4 is 22.7 Å². The standard InChI is InChI=1S/C13H15N3O2/c1-8(2)11(13(17)18)16-10-5-7-14-9-4-3-6-15-12(9)10/h3-8,11H,1-2H3,(H,14,16)(H,17,18)/t11-/m0/s1. The van der Waals surface area contributed by atoms with Crippen LogP contribution in [0.5, 0.6) is 0 Å². The fourth-order valence-corrected chi connectivity index (χ4v) is 1.78. The quantitative estimate of drug-likeness (QED) is 0.863. The molecular formula is C13H15N3O2. The van der Waals surface area contributed by atoms with Gasteiger partial charge in [0, 0.05) is 12.4 Å². The maximum atomic E-state index is 11.2. The van der Waals surface area contributed by atoms with Gasteiger partial charge in [0.25, 0.3) is 0 Å². The van der Waals surface area contributed by atoms with E-state index in [4.69, 9.17) is 0 Å². The zero-order valence-electron chi connectivity index (χ0n) is 10.3. The van der Waals surface area contributed by atoms with Crippen LogP contribution in [0.1, 0.15) is 13.8 Å². The number of nitrogens with zero attached hydrogens (tertiary/aromatic N) is 2. The molecule has 5 nitrogen and oxygen atoms in total. The monoisotopic (exact) mass is 245 g/mol. The number of fused-ring (bicyclic) bond motifs is 1. The van der Waals surface area contributed by atoms with Gasteiger partial charge in [0.15, 0.2) is 0 Å². The summed E-state index contributed by atoms with van der Waals surface area (Å²) in [5, 5.41) is 12.2. The van der Waals surface area contributed by atoms with E-state index in [0.717, 1.165) is 5.52 Å².